The lowest BCUT2D eigenvalue weighted by Crippen LogP contribution is -2.54. The number of hydrogen-bond acceptors (Lipinski definition) is 5. The monoisotopic (exact) mass is 388 g/mol. The van der Waals surface area contributed by atoms with Gasteiger partial charge in [0.2, 0.25) is 0 Å². The van der Waals surface area contributed by atoms with E-state index >= 15 is 0 Å². The average molecular weight is 388 g/mol. The van der Waals surface area contributed by atoms with Crippen molar-refractivity contribution in [1.82, 2.24) is 9.80 Å². The van der Waals surface area contributed by atoms with Crippen molar-refractivity contribution in [3.05, 3.63) is 59.4 Å². The molecule has 2 aromatic carbocycles. The molecule has 28 heavy (non-hydrogen) atoms. The van der Waals surface area contributed by atoms with Crippen molar-refractivity contribution in [3.8, 4) is 11.5 Å². The molecule has 0 aliphatic carbocycles. The second-order valence-corrected chi connectivity index (χ2v) is 6.90. The van der Waals surface area contributed by atoms with Crippen molar-refractivity contribution >= 4 is 5.91 Å². The molecule has 2 N–H and O–H groups in total. The molecule has 1 heterocycles. The Morgan fingerprint density at radius 1 is 1.25 bits per heavy atom. The minimum atomic E-state index is -0.333. The van der Waals surface area contributed by atoms with Crippen molar-refractivity contribution < 1.29 is 24.1 Å². The lowest BCUT2D eigenvalue weighted by Gasteiger charge is -2.41. The summed E-state index contributed by atoms with van der Waals surface area (Å²) < 4.78 is 19.4. The molecule has 0 radical (unpaired) electrons. The zero-order chi connectivity index (χ0) is 20.1. The number of aromatic hydroxyl groups is 1. The number of hydrogen-bond donors (Lipinski definition) is 2. The molecule has 150 valence electrons. The number of phenols is 1. The van der Waals surface area contributed by atoms with Crippen LogP contribution in [-0.2, 0) is 6.54 Å². The second kappa shape index (κ2) is 9.03. The molecule has 1 atom stereocenters. The van der Waals surface area contributed by atoms with Gasteiger partial charge in [0.25, 0.3) is 5.91 Å². The van der Waals surface area contributed by atoms with E-state index in [1.54, 1.807) is 29.2 Å². The Morgan fingerprint density at radius 2 is 2.07 bits per heavy atom. The smallest absolute Gasteiger partial charge is 0.254 e. The van der Waals surface area contributed by atoms with E-state index in [0.29, 0.717) is 49.5 Å². The molecule has 2 aromatic rings. The molecule has 3 rings (SSSR count). The lowest BCUT2D eigenvalue weighted by atomic mass is 10.1. The Morgan fingerprint density at radius 3 is 2.75 bits per heavy atom. The molecule has 7 heteroatoms. The summed E-state index contributed by atoms with van der Waals surface area (Å²) in [5.74, 6) is 0.0237. The highest BCUT2D eigenvalue weighted by Crippen LogP contribution is 2.22. The van der Waals surface area contributed by atoms with E-state index in [0.717, 1.165) is 0 Å². The summed E-state index contributed by atoms with van der Waals surface area (Å²) >= 11 is 0. The van der Waals surface area contributed by atoms with E-state index < -0.39 is 0 Å². The highest BCUT2D eigenvalue weighted by atomic mass is 19.1. The molecular weight excluding hydrogens is 363 g/mol. The fourth-order valence-electron chi connectivity index (χ4n) is 3.53. The third-order valence-corrected chi connectivity index (χ3v) is 5.08. The third kappa shape index (κ3) is 4.61. The fraction of sp³-hybridized carbons (Fsp3) is 0.381. The summed E-state index contributed by atoms with van der Waals surface area (Å²) in [4.78, 5) is 16.6. The maximum atomic E-state index is 14.3. The fourth-order valence-corrected chi connectivity index (χ4v) is 3.53. The number of aliphatic hydroxyl groups excluding tert-OH is 1. The van der Waals surface area contributed by atoms with Gasteiger partial charge in [-0.3, -0.25) is 9.69 Å². The van der Waals surface area contributed by atoms with Crippen molar-refractivity contribution in [1.29, 1.82) is 0 Å². The highest BCUT2D eigenvalue weighted by Gasteiger charge is 2.30. The number of aliphatic hydroxyl groups is 1. The summed E-state index contributed by atoms with van der Waals surface area (Å²) in [5, 5.41) is 19.1. The van der Waals surface area contributed by atoms with E-state index in [9.17, 15) is 19.4 Å². The van der Waals surface area contributed by atoms with Gasteiger partial charge in [-0.05, 0) is 30.7 Å². The molecule has 1 aliphatic rings. The molecule has 6 nitrogen and oxygen atoms in total. The number of piperazine rings is 1. The summed E-state index contributed by atoms with van der Waals surface area (Å²) in [7, 11) is 1.49. The number of ether oxygens (including phenoxy) is 1. The Bertz CT molecular complexity index is 830. The molecule has 0 bridgehead atoms. The molecule has 0 saturated carbocycles. The second-order valence-electron chi connectivity index (χ2n) is 6.90. The van der Waals surface area contributed by atoms with Crippen LogP contribution in [0.4, 0.5) is 4.39 Å². The normalized spacial score (nSPS) is 17.5. The van der Waals surface area contributed by atoms with Crippen molar-refractivity contribution in [2.75, 3.05) is 33.4 Å². The zero-order valence-corrected chi connectivity index (χ0v) is 15.8. The maximum absolute atomic E-state index is 14.3. The third-order valence-electron chi connectivity index (χ3n) is 5.08. The van der Waals surface area contributed by atoms with E-state index in [1.807, 2.05) is 0 Å². The number of carbonyl (C=O) groups excluding carboxylic acids is 1. The van der Waals surface area contributed by atoms with E-state index in [1.165, 1.54) is 25.3 Å². The minimum Gasteiger partial charge on any atom is -0.508 e. The number of carbonyl (C=O) groups is 1. The molecule has 1 unspecified atom stereocenters. The molecule has 0 aromatic heterocycles. The van der Waals surface area contributed by atoms with Crippen LogP contribution in [0.5, 0.6) is 11.5 Å². The van der Waals surface area contributed by atoms with Crippen LogP contribution in [0, 0.1) is 5.82 Å². The molecule has 1 fully saturated rings. The first-order valence-corrected chi connectivity index (χ1v) is 9.27. The van der Waals surface area contributed by atoms with Gasteiger partial charge in [0, 0.05) is 56.0 Å². The van der Waals surface area contributed by atoms with Gasteiger partial charge in [-0.2, -0.15) is 0 Å². The minimum absolute atomic E-state index is 0.0135. The number of halogens is 1. The molecule has 1 saturated heterocycles. The molecule has 0 spiro atoms. The first kappa shape index (κ1) is 20.1. The van der Waals surface area contributed by atoms with Crippen LogP contribution in [0.15, 0.2) is 42.5 Å². The highest BCUT2D eigenvalue weighted by molar-refractivity contribution is 5.94. The predicted octanol–water partition coefficient (Wildman–Crippen LogP) is 2.25. The first-order chi connectivity index (χ1) is 13.5. The van der Waals surface area contributed by atoms with Crippen LogP contribution in [0.2, 0.25) is 0 Å². The van der Waals surface area contributed by atoms with Gasteiger partial charge in [0.1, 0.15) is 17.3 Å². The Labute approximate surface area is 163 Å². The summed E-state index contributed by atoms with van der Waals surface area (Å²) in [6, 6.07) is 11.0. The lowest BCUT2D eigenvalue weighted by molar-refractivity contribution is 0.0391. The van der Waals surface area contributed by atoms with Crippen LogP contribution in [0.3, 0.4) is 0 Å². The standard InChI is InChI=1S/C21H25FN2O4/c1-28-19-6-5-16(20(22)12-19)13-23-8-9-24(14-17(23)7-10-25)21(27)15-3-2-4-18(26)11-15/h2-6,11-12,17,25-26H,7-10,13-14H2,1H3. The number of amides is 1. The van der Waals surface area contributed by atoms with Gasteiger partial charge < -0.3 is 19.8 Å². The van der Waals surface area contributed by atoms with E-state index in [-0.39, 0.29) is 30.1 Å². The SMILES string of the molecule is COc1ccc(CN2CCN(C(=O)c3cccc(O)c3)CC2CCO)c(F)c1. The van der Waals surface area contributed by atoms with Gasteiger partial charge in [-0.25, -0.2) is 4.39 Å². The van der Waals surface area contributed by atoms with Gasteiger partial charge >= 0.3 is 0 Å². The zero-order valence-electron chi connectivity index (χ0n) is 15.8. The Balaban J connectivity index is 1.71. The average Bonchev–Trinajstić information content (AvgIpc) is 2.70. The van der Waals surface area contributed by atoms with E-state index in [4.69, 9.17) is 4.74 Å². The molecule has 1 aliphatic heterocycles. The van der Waals surface area contributed by atoms with Crippen molar-refractivity contribution in [2.24, 2.45) is 0 Å². The number of phenolic OH excluding ortho intramolecular Hbond substituents is 1. The number of rotatable bonds is 6. The van der Waals surface area contributed by atoms with Crippen LogP contribution >= 0.6 is 0 Å². The van der Waals surface area contributed by atoms with E-state index in [2.05, 4.69) is 4.90 Å². The van der Waals surface area contributed by atoms with Crippen LogP contribution in [0.25, 0.3) is 0 Å². The van der Waals surface area contributed by atoms with Crippen molar-refractivity contribution in [2.45, 2.75) is 19.0 Å². The Hall–Kier alpha value is -2.64. The van der Waals surface area contributed by atoms with Crippen LogP contribution in [-0.4, -0.2) is 65.3 Å². The largest absolute Gasteiger partial charge is 0.508 e. The summed E-state index contributed by atoms with van der Waals surface area (Å²) in [5.41, 5.74) is 0.980. The summed E-state index contributed by atoms with van der Waals surface area (Å²) in [6.45, 7) is 1.89. The predicted molar refractivity (Wildman–Crippen MR) is 103 cm³/mol. The number of benzene rings is 2. The van der Waals surface area contributed by atoms with Crippen LogP contribution < -0.4 is 4.74 Å². The van der Waals surface area contributed by atoms with Gasteiger partial charge in [0.15, 0.2) is 0 Å². The van der Waals surface area contributed by atoms with Gasteiger partial charge in [-0.1, -0.05) is 12.1 Å². The number of nitrogens with zero attached hydrogens (tertiary/aromatic N) is 2. The molecular formula is C21H25FN2O4. The summed E-state index contributed by atoms with van der Waals surface area (Å²) in [6.07, 6.45) is 0.488. The van der Waals surface area contributed by atoms with Crippen LogP contribution in [0.1, 0.15) is 22.3 Å². The number of methoxy groups -OCH3 is 1. The van der Waals surface area contributed by atoms with Gasteiger partial charge in [-0.15, -0.1) is 0 Å². The topological polar surface area (TPSA) is 73.2 Å². The van der Waals surface area contributed by atoms with Crippen molar-refractivity contribution in [3.63, 3.8) is 0 Å². The van der Waals surface area contributed by atoms with Gasteiger partial charge in [0.05, 0.1) is 7.11 Å². The quantitative estimate of drug-likeness (QED) is 0.794. The Kier molecular flexibility index (Phi) is 6.49. The molecule has 1 amide bonds. The first-order valence-electron chi connectivity index (χ1n) is 9.27. The maximum Gasteiger partial charge on any atom is 0.254 e.